The SMILES string of the molecule is CC(C)CC(=O)COc1c(F)cc(-c2nc(Nc3ccc4[nH]ncc4c3)n[nH]2)cc1F. The van der Waals surface area contributed by atoms with Crippen molar-refractivity contribution in [1.82, 2.24) is 25.4 Å². The number of benzene rings is 2. The standard InChI is InChI=1S/C21H20F2N6O2/c1-11(2)5-15(30)10-31-19-16(22)7-12(8-17(19)23)20-26-21(29-28-20)25-14-3-4-18-13(6-14)9-24-27-18/h3-4,6-9,11H,5,10H2,1-2H3,(H,24,27)(H2,25,26,28,29). The minimum absolute atomic E-state index is 0.143. The first-order valence-electron chi connectivity index (χ1n) is 9.65. The fourth-order valence-electron chi connectivity index (χ4n) is 3.10. The number of carbonyl (C=O) groups is 1. The number of ketones is 1. The van der Waals surface area contributed by atoms with Crippen LogP contribution in [0.1, 0.15) is 20.3 Å². The quantitative estimate of drug-likeness (QED) is 0.386. The van der Waals surface area contributed by atoms with E-state index >= 15 is 0 Å². The Hall–Kier alpha value is -3.82. The molecular formula is C21H20F2N6O2. The lowest BCUT2D eigenvalue weighted by Gasteiger charge is -2.10. The van der Waals surface area contributed by atoms with Crippen LogP contribution in [0.5, 0.6) is 5.75 Å². The number of aromatic nitrogens is 5. The molecule has 0 aliphatic rings. The summed E-state index contributed by atoms with van der Waals surface area (Å²) < 4.78 is 33.9. The van der Waals surface area contributed by atoms with Crippen LogP contribution in [0.25, 0.3) is 22.3 Å². The molecule has 0 spiro atoms. The fraction of sp³-hybridized carbons (Fsp3) is 0.238. The van der Waals surface area contributed by atoms with E-state index in [4.69, 9.17) is 4.74 Å². The van der Waals surface area contributed by atoms with Crippen molar-refractivity contribution in [2.75, 3.05) is 11.9 Å². The van der Waals surface area contributed by atoms with Crippen molar-refractivity contribution in [3.8, 4) is 17.1 Å². The Morgan fingerprint density at radius 2 is 1.94 bits per heavy atom. The van der Waals surface area contributed by atoms with E-state index in [0.29, 0.717) is 0 Å². The average Bonchev–Trinajstić information content (AvgIpc) is 3.35. The van der Waals surface area contributed by atoms with Crippen molar-refractivity contribution >= 4 is 28.3 Å². The number of ether oxygens (including phenoxy) is 1. The van der Waals surface area contributed by atoms with Gasteiger partial charge in [-0.2, -0.15) is 10.1 Å². The third-order valence-corrected chi connectivity index (χ3v) is 4.47. The van der Waals surface area contributed by atoms with Crippen LogP contribution in [0.3, 0.4) is 0 Å². The van der Waals surface area contributed by atoms with Gasteiger partial charge in [0.25, 0.3) is 0 Å². The molecule has 31 heavy (non-hydrogen) atoms. The topological polar surface area (TPSA) is 109 Å². The molecule has 160 valence electrons. The molecule has 0 radical (unpaired) electrons. The molecule has 4 rings (SSSR count). The highest BCUT2D eigenvalue weighted by molar-refractivity contribution is 5.82. The molecule has 10 heteroatoms. The Labute approximate surface area is 176 Å². The largest absolute Gasteiger partial charge is 0.480 e. The van der Waals surface area contributed by atoms with Gasteiger partial charge in [0, 0.05) is 23.1 Å². The summed E-state index contributed by atoms with van der Waals surface area (Å²) in [5.41, 5.74) is 1.77. The van der Waals surface area contributed by atoms with Crippen molar-refractivity contribution in [3.63, 3.8) is 0 Å². The molecule has 0 atom stereocenters. The summed E-state index contributed by atoms with van der Waals surface area (Å²) in [4.78, 5) is 16.0. The molecular weight excluding hydrogens is 406 g/mol. The highest BCUT2D eigenvalue weighted by atomic mass is 19.1. The third kappa shape index (κ3) is 4.68. The van der Waals surface area contributed by atoms with Gasteiger partial charge in [0.1, 0.15) is 6.61 Å². The molecule has 0 bridgehead atoms. The maximum Gasteiger partial charge on any atom is 0.246 e. The number of carbonyl (C=O) groups excluding carboxylic acids is 1. The number of anilines is 2. The summed E-state index contributed by atoms with van der Waals surface area (Å²) in [5, 5.41) is 17.4. The first kappa shape index (κ1) is 20.5. The molecule has 0 saturated heterocycles. The second kappa shape index (κ2) is 8.50. The highest BCUT2D eigenvalue weighted by Crippen LogP contribution is 2.28. The van der Waals surface area contributed by atoms with Crippen molar-refractivity contribution < 1.29 is 18.3 Å². The third-order valence-electron chi connectivity index (χ3n) is 4.47. The van der Waals surface area contributed by atoms with Crippen LogP contribution >= 0.6 is 0 Å². The van der Waals surface area contributed by atoms with E-state index in [1.165, 1.54) is 0 Å². The molecule has 0 aliphatic carbocycles. The number of Topliss-reactive ketones (excluding diaryl/α,β-unsaturated/α-hetero) is 1. The number of nitrogens with one attached hydrogen (secondary N) is 3. The molecule has 0 unspecified atom stereocenters. The maximum absolute atomic E-state index is 14.4. The van der Waals surface area contributed by atoms with Crippen molar-refractivity contribution in [2.45, 2.75) is 20.3 Å². The number of aromatic amines is 2. The minimum atomic E-state index is -0.927. The zero-order valence-electron chi connectivity index (χ0n) is 16.9. The predicted molar refractivity (Wildman–Crippen MR) is 111 cm³/mol. The van der Waals surface area contributed by atoms with Crippen LogP contribution in [-0.2, 0) is 4.79 Å². The fourth-order valence-corrected chi connectivity index (χ4v) is 3.10. The van der Waals surface area contributed by atoms with Gasteiger partial charge >= 0.3 is 0 Å². The molecule has 3 N–H and O–H groups in total. The number of halogens is 2. The van der Waals surface area contributed by atoms with E-state index < -0.39 is 17.4 Å². The van der Waals surface area contributed by atoms with Crippen LogP contribution in [0.4, 0.5) is 20.4 Å². The van der Waals surface area contributed by atoms with Crippen molar-refractivity contribution in [2.24, 2.45) is 5.92 Å². The minimum Gasteiger partial charge on any atom is -0.480 e. The molecule has 2 heterocycles. The Balaban J connectivity index is 1.48. The molecule has 0 saturated carbocycles. The Morgan fingerprint density at radius 3 is 2.68 bits per heavy atom. The normalized spacial score (nSPS) is 11.3. The average molecular weight is 426 g/mol. The van der Waals surface area contributed by atoms with Gasteiger partial charge in [-0.15, -0.1) is 5.10 Å². The van der Waals surface area contributed by atoms with Gasteiger partial charge in [0.2, 0.25) is 5.95 Å². The van der Waals surface area contributed by atoms with E-state index in [1.807, 2.05) is 32.0 Å². The van der Waals surface area contributed by atoms with Gasteiger partial charge in [0.05, 0.1) is 11.7 Å². The first-order valence-corrected chi connectivity index (χ1v) is 9.65. The molecule has 2 aromatic carbocycles. The number of H-pyrrole nitrogens is 2. The van der Waals surface area contributed by atoms with E-state index in [-0.39, 0.29) is 42.1 Å². The summed E-state index contributed by atoms with van der Waals surface area (Å²) in [7, 11) is 0. The summed E-state index contributed by atoms with van der Waals surface area (Å²) in [6, 6.07) is 7.69. The first-order chi connectivity index (χ1) is 14.9. The number of nitrogens with zero attached hydrogens (tertiary/aromatic N) is 3. The highest BCUT2D eigenvalue weighted by Gasteiger charge is 2.17. The Kier molecular flexibility index (Phi) is 5.61. The molecule has 0 fully saturated rings. The molecule has 0 amide bonds. The van der Waals surface area contributed by atoms with Crippen LogP contribution in [0, 0.1) is 17.6 Å². The van der Waals surface area contributed by atoms with Gasteiger partial charge in [-0.1, -0.05) is 13.8 Å². The number of hydrogen-bond acceptors (Lipinski definition) is 6. The molecule has 2 aromatic heterocycles. The van der Waals surface area contributed by atoms with E-state index in [1.54, 1.807) is 6.20 Å². The molecule has 8 nitrogen and oxygen atoms in total. The lowest BCUT2D eigenvalue weighted by Crippen LogP contribution is -2.14. The van der Waals surface area contributed by atoms with Crippen LogP contribution < -0.4 is 10.1 Å². The second-order valence-electron chi connectivity index (χ2n) is 7.50. The predicted octanol–water partition coefficient (Wildman–Crippen LogP) is 4.36. The summed E-state index contributed by atoms with van der Waals surface area (Å²) >= 11 is 0. The lowest BCUT2D eigenvalue weighted by molar-refractivity contribution is -0.121. The Bertz CT molecular complexity index is 1210. The number of rotatable bonds is 8. The maximum atomic E-state index is 14.4. The van der Waals surface area contributed by atoms with E-state index in [2.05, 4.69) is 30.7 Å². The van der Waals surface area contributed by atoms with E-state index in [9.17, 15) is 13.6 Å². The summed E-state index contributed by atoms with van der Waals surface area (Å²) in [6.07, 6.45) is 1.97. The zero-order chi connectivity index (χ0) is 22.0. The number of hydrogen-bond donors (Lipinski definition) is 3. The van der Waals surface area contributed by atoms with Crippen molar-refractivity contribution in [3.05, 3.63) is 48.2 Å². The van der Waals surface area contributed by atoms with Crippen LogP contribution in [0.2, 0.25) is 0 Å². The summed E-state index contributed by atoms with van der Waals surface area (Å²) in [6.45, 7) is 3.37. The Morgan fingerprint density at radius 1 is 1.16 bits per heavy atom. The zero-order valence-corrected chi connectivity index (χ0v) is 16.9. The van der Waals surface area contributed by atoms with Gasteiger partial charge in [-0.05, 0) is 36.2 Å². The van der Waals surface area contributed by atoms with E-state index in [0.717, 1.165) is 28.7 Å². The smallest absolute Gasteiger partial charge is 0.246 e. The van der Waals surface area contributed by atoms with Gasteiger partial charge in [0.15, 0.2) is 29.0 Å². The second-order valence-corrected chi connectivity index (χ2v) is 7.50. The monoisotopic (exact) mass is 426 g/mol. The van der Waals surface area contributed by atoms with Gasteiger partial charge in [-0.25, -0.2) is 8.78 Å². The molecule has 4 aromatic rings. The van der Waals surface area contributed by atoms with Gasteiger partial charge < -0.3 is 10.1 Å². The summed E-state index contributed by atoms with van der Waals surface area (Å²) in [5.74, 6) is -2.12. The van der Waals surface area contributed by atoms with Crippen LogP contribution in [-0.4, -0.2) is 37.8 Å². The number of fused-ring (bicyclic) bond motifs is 1. The van der Waals surface area contributed by atoms with Crippen molar-refractivity contribution in [1.29, 1.82) is 0 Å². The van der Waals surface area contributed by atoms with Crippen LogP contribution in [0.15, 0.2) is 36.5 Å². The van der Waals surface area contributed by atoms with Gasteiger partial charge in [-0.3, -0.25) is 15.0 Å². The lowest BCUT2D eigenvalue weighted by atomic mass is 10.1. The molecule has 0 aliphatic heterocycles.